The van der Waals surface area contributed by atoms with Crippen LogP contribution >= 0.6 is 0 Å². The molecule has 1 aliphatic rings. The molecule has 3 nitrogen and oxygen atoms in total. The van der Waals surface area contributed by atoms with E-state index in [4.69, 9.17) is 0 Å². The van der Waals surface area contributed by atoms with E-state index in [1.54, 1.807) is 0 Å². The number of allylic oxidation sites excluding steroid dienone is 1. The van der Waals surface area contributed by atoms with E-state index in [9.17, 15) is 9.59 Å². The van der Waals surface area contributed by atoms with Gasteiger partial charge >= 0.3 is 0 Å². The van der Waals surface area contributed by atoms with Gasteiger partial charge in [0, 0.05) is 12.6 Å². The first-order valence-corrected chi connectivity index (χ1v) is 3.51. The van der Waals surface area contributed by atoms with Gasteiger partial charge in [-0.25, -0.2) is 0 Å². The molecular formula is C8H11NO2. The third-order valence-electron chi connectivity index (χ3n) is 1.87. The van der Waals surface area contributed by atoms with Crippen molar-refractivity contribution in [3.05, 3.63) is 11.1 Å². The lowest BCUT2D eigenvalue weighted by Gasteiger charge is -2.02. The van der Waals surface area contributed by atoms with Gasteiger partial charge in [-0.2, -0.15) is 0 Å². The van der Waals surface area contributed by atoms with Gasteiger partial charge in [0.2, 0.25) is 5.91 Å². The standard InChI is InChI=1S/C8H11NO2/c1-5(2)6-4-7(10)9(3)8(6)11/h4H2,1-3H3. The quantitative estimate of drug-likeness (QED) is 0.379. The van der Waals surface area contributed by atoms with Gasteiger partial charge in [0.1, 0.15) is 0 Å². The second kappa shape index (κ2) is 2.49. The van der Waals surface area contributed by atoms with Crippen LogP contribution < -0.4 is 0 Å². The number of hydrogen-bond donors (Lipinski definition) is 0. The fourth-order valence-corrected chi connectivity index (χ4v) is 1.05. The first kappa shape index (κ1) is 7.98. The van der Waals surface area contributed by atoms with Crippen LogP contribution in [0.25, 0.3) is 0 Å². The Bertz CT molecular complexity index is 249. The van der Waals surface area contributed by atoms with Crippen molar-refractivity contribution in [1.82, 2.24) is 4.90 Å². The summed E-state index contributed by atoms with van der Waals surface area (Å²) in [7, 11) is 1.51. The zero-order chi connectivity index (χ0) is 8.59. The van der Waals surface area contributed by atoms with Crippen molar-refractivity contribution in [2.45, 2.75) is 20.3 Å². The van der Waals surface area contributed by atoms with E-state index in [-0.39, 0.29) is 18.2 Å². The van der Waals surface area contributed by atoms with E-state index in [0.29, 0.717) is 5.57 Å². The highest BCUT2D eigenvalue weighted by molar-refractivity contribution is 6.13. The van der Waals surface area contributed by atoms with Crippen molar-refractivity contribution >= 4 is 11.8 Å². The molecule has 0 atom stereocenters. The van der Waals surface area contributed by atoms with Gasteiger partial charge in [0.15, 0.2) is 0 Å². The first-order valence-electron chi connectivity index (χ1n) is 3.51. The van der Waals surface area contributed by atoms with E-state index in [2.05, 4.69) is 0 Å². The number of hydrogen-bond acceptors (Lipinski definition) is 2. The molecule has 60 valence electrons. The molecule has 0 N–H and O–H groups in total. The minimum Gasteiger partial charge on any atom is -0.282 e. The van der Waals surface area contributed by atoms with Gasteiger partial charge in [0.25, 0.3) is 5.91 Å². The Morgan fingerprint density at radius 3 is 2.09 bits per heavy atom. The Balaban J connectivity index is 3.02. The summed E-state index contributed by atoms with van der Waals surface area (Å²) >= 11 is 0. The van der Waals surface area contributed by atoms with E-state index in [1.807, 2.05) is 13.8 Å². The van der Waals surface area contributed by atoms with Crippen LogP contribution in [0.1, 0.15) is 20.3 Å². The molecule has 1 fully saturated rings. The molecule has 0 aromatic carbocycles. The maximum Gasteiger partial charge on any atom is 0.256 e. The summed E-state index contributed by atoms with van der Waals surface area (Å²) in [6.45, 7) is 3.69. The summed E-state index contributed by atoms with van der Waals surface area (Å²) < 4.78 is 0. The van der Waals surface area contributed by atoms with E-state index in [0.717, 1.165) is 5.57 Å². The predicted molar refractivity (Wildman–Crippen MR) is 40.8 cm³/mol. The number of rotatable bonds is 0. The number of likely N-dealkylation sites (N-methyl/N-ethyl adjacent to an activating group) is 1. The lowest BCUT2D eigenvalue weighted by molar-refractivity contribution is -0.135. The topological polar surface area (TPSA) is 37.4 Å². The number of carbonyl (C=O) groups is 2. The Morgan fingerprint density at radius 1 is 1.36 bits per heavy atom. The first-order chi connectivity index (χ1) is 5.04. The largest absolute Gasteiger partial charge is 0.282 e. The molecule has 2 amide bonds. The normalized spacial score (nSPS) is 18.1. The van der Waals surface area contributed by atoms with Crippen molar-refractivity contribution < 1.29 is 9.59 Å². The third kappa shape index (κ3) is 1.18. The van der Waals surface area contributed by atoms with E-state index < -0.39 is 0 Å². The van der Waals surface area contributed by atoms with Crippen molar-refractivity contribution in [2.75, 3.05) is 7.05 Å². The number of likely N-dealkylation sites (tertiary alicyclic amines) is 1. The Kier molecular flexibility index (Phi) is 1.81. The molecule has 1 aliphatic heterocycles. The summed E-state index contributed by atoms with van der Waals surface area (Å²) in [4.78, 5) is 23.3. The van der Waals surface area contributed by atoms with Gasteiger partial charge in [-0.15, -0.1) is 0 Å². The Hall–Kier alpha value is -1.12. The molecule has 1 rings (SSSR count). The summed E-state index contributed by atoms with van der Waals surface area (Å²) in [6.07, 6.45) is 0.275. The lowest BCUT2D eigenvalue weighted by atomic mass is 10.1. The second-order valence-electron chi connectivity index (χ2n) is 2.91. The van der Waals surface area contributed by atoms with Crippen LogP contribution in [0.3, 0.4) is 0 Å². The van der Waals surface area contributed by atoms with E-state index >= 15 is 0 Å². The summed E-state index contributed by atoms with van der Waals surface area (Å²) in [5, 5.41) is 0. The molecule has 0 aromatic heterocycles. The molecule has 0 saturated carbocycles. The van der Waals surface area contributed by atoms with Gasteiger partial charge in [-0.3, -0.25) is 14.5 Å². The van der Waals surface area contributed by atoms with Crippen molar-refractivity contribution in [3.63, 3.8) is 0 Å². The molecule has 0 radical (unpaired) electrons. The molecule has 0 bridgehead atoms. The Morgan fingerprint density at radius 2 is 1.91 bits per heavy atom. The average molecular weight is 153 g/mol. The van der Waals surface area contributed by atoms with Crippen LogP contribution in [0.5, 0.6) is 0 Å². The predicted octanol–water partition coefficient (Wildman–Crippen LogP) is 0.712. The van der Waals surface area contributed by atoms with Crippen LogP contribution in [0, 0.1) is 0 Å². The molecular weight excluding hydrogens is 142 g/mol. The van der Waals surface area contributed by atoms with Gasteiger partial charge < -0.3 is 0 Å². The van der Waals surface area contributed by atoms with Crippen LogP contribution in [-0.4, -0.2) is 23.8 Å². The number of amides is 2. The highest BCUT2D eigenvalue weighted by Crippen LogP contribution is 2.19. The number of imide groups is 1. The molecule has 11 heavy (non-hydrogen) atoms. The van der Waals surface area contributed by atoms with Gasteiger partial charge in [0.05, 0.1) is 6.42 Å². The van der Waals surface area contributed by atoms with Crippen molar-refractivity contribution in [1.29, 1.82) is 0 Å². The molecule has 0 aromatic rings. The van der Waals surface area contributed by atoms with Crippen molar-refractivity contribution in [2.24, 2.45) is 0 Å². The Labute approximate surface area is 65.7 Å². The molecule has 1 saturated heterocycles. The fourth-order valence-electron chi connectivity index (χ4n) is 1.05. The summed E-state index contributed by atoms with van der Waals surface area (Å²) in [6, 6.07) is 0. The van der Waals surface area contributed by atoms with Crippen LogP contribution in [-0.2, 0) is 9.59 Å². The molecule has 0 spiro atoms. The third-order valence-corrected chi connectivity index (χ3v) is 1.87. The smallest absolute Gasteiger partial charge is 0.256 e. The number of carbonyl (C=O) groups excluding carboxylic acids is 2. The minimum atomic E-state index is -0.144. The summed E-state index contributed by atoms with van der Waals surface area (Å²) in [5.74, 6) is -0.249. The average Bonchev–Trinajstić information content (AvgIpc) is 2.17. The van der Waals surface area contributed by atoms with Crippen LogP contribution in [0.2, 0.25) is 0 Å². The zero-order valence-electron chi connectivity index (χ0n) is 6.97. The maximum atomic E-state index is 11.2. The second-order valence-corrected chi connectivity index (χ2v) is 2.91. The highest BCUT2D eigenvalue weighted by atomic mass is 16.2. The highest BCUT2D eigenvalue weighted by Gasteiger charge is 2.30. The van der Waals surface area contributed by atoms with Crippen molar-refractivity contribution in [3.8, 4) is 0 Å². The fraction of sp³-hybridized carbons (Fsp3) is 0.500. The SMILES string of the molecule is CC(C)=C1CC(=O)N(C)C1=O. The van der Waals surface area contributed by atoms with Crippen LogP contribution in [0.15, 0.2) is 11.1 Å². The van der Waals surface area contributed by atoms with E-state index in [1.165, 1.54) is 11.9 Å². The minimum absolute atomic E-state index is 0.105. The van der Waals surface area contributed by atoms with Gasteiger partial charge in [-0.05, 0) is 13.8 Å². The molecule has 0 aliphatic carbocycles. The molecule has 1 heterocycles. The summed E-state index contributed by atoms with van der Waals surface area (Å²) in [5.41, 5.74) is 1.59. The lowest BCUT2D eigenvalue weighted by Crippen LogP contribution is -2.23. The zero-order valence-corrected chi connectivity index (χ0v) is 6.97. The molecule has 0 unspecified atom stereocenters. The van der Waals surface area contributed by atoms with Crippen LogP contribution in [0.4, 0.5) is 0 Å². The maximum absolute atomic E-state index is 11.2. The number of nitrogens with zero attached hydrogens (tertiary/aromatic N) is 1. The molecule has 3 heteroatoms. The van der Waals surface area contributed by atoms with Gasteiger partial charge in [-0.1, -0.05) is 5.57 Å². The monoisotopic (exact) mass is 153 g/mol.